The van der Waals surface area contributed by atoms with E-state index in [4.69, 9.17) is 21.4 Å². The molecule has 2 amide bonds. The SMILES string of the molecule is COCC(C)(C)NC(=O)Nc1cc(Cl)ccc1C(=O)O. The molecule has 0 atom stereocenters. The Hall–Kier alpha value is -1.79. The summed E-state index contributed by atoms with van der Waals surface area (Å²) in [5.74, 6) is -1.15. The maximum atomic E-state index is 11.9. The summed E-state index contributed by atoms with van der Waals surface area (Å²) in [6.07, 6.45) is 0. The molecule has 0 fully saturated rings. The molecule has 110 valence electrons. The highest BCUT2D eigenvalue weighted by molar-refractivity contribution is 6.31. The number of aromatic carboxylic acids is 1. The third-order valence-electron chi connectivity index (χ3n) is 2.42. The highest BCUT2D eigenvalue weighted by Crippen LogP contribution is 2.21. The molecule has 6 nitrogen and oxygen atoms in total. The predicted octanol–water partition coefficient (Wildman–Crippen LogP) is 2.58. The van der Waals surface area contributed by atoms with Crippen molar-refractivity contribution < 1.29 is 19.4 Å². The summed E-state index contributed by atoms with van der Waals surface area (Å²) in [5.41, 5.74) is -0.481. The van der Waals surface area contributed by atoms with E-state index < -0.39 is 17.5 Å². The minimum absolute atomic E-state index is 0.0332. The number of carboxylic acid groups (broad SMARTS) is 1. The first-order valence-corrected chi connectivity index (χ1v) is 6.24. The summed E-state index contributed by atoms with van der Waals surface area (Å²) < 4.78 is 4.98. The molecular weight excluding hydrogens is 284 g/mol. The number of hydrogen-bond donors (Lipinski definition) is 3. The summed E-state index contributed by atoms with van der Waals surface area (Å²) in [6.45, 7) is 3.89. The first-order valence-electron chi connectivity index (χ1n) is 5.86. The summed E-state index contributed by atoms with van der Waals surface area (Å²) >= 11 is 5.80. The maximum Gasteiger partial charge on any atom is 0.337 e. The fourth-order valence-corrected chi connectivity index (χ4v) is 1.84. The Bertz CT molecular complexity index is 517. The van der Waals surface area contributed by atoms with Crippen LogP contribution in [0.3, 0.4) is 0 Å². The molecule has 0 heterocycles. The molecule has 0 saturated carbocycles. The zero-order chi connectivity index (χ0) is 15.3. The van der Waals surface area contributed by atoms with E-state index in [1.54, 1.807) is 13.8 Å². The van der Waals surface area contributed by atoms with Gasteiger partial charge in [-0.1, -0.05) is 11.6 Å². The van der Waals surface area contributed by atoms with Crippen LogP contribution in [0, 0.1) is 0 Å². The minimum Gasteiger partial charge on any atom is -0.478 e. The molecule has 0 spiro atoms. The summed E-state index contributed by atoms with van der Waals surface area (Å²) in [4.78, 5) is 22.9. The van der Waals surface area contributed by atoms with Crippen molar-refractivity contribution in [3.8, 4) is 0 Å². The number of nitrogens with one attached hydrogen (secondary N) is 2. The molecule has 7 heteroatoms. The predicted molar refractivity (Wildman–Crippen MR) is 76.5 cm³/mol. The monoisotopic (exact) mass is 300 g/mol. The molecule has 0 aliphatic heterocycles. The van der Waals surface area contributed by atoms with Crippen LogP contribution in [0.15, 0.2) is 18.2 Å². The lowest BCUT2D eigenvalue weighted by Gasteiger charge is -2.25. The molecule has 3 N–H and O–H groups in total. The fraction of sp³-hybridized carbons (Fsp3) is 0.385. The Balaban J connectivity index is 2.85. The highest BCUT2D eigenvalue weighted by atomic mass is 35.5. The van der Waals surface area contributed by atoms with Crippen LogP contribution in [-0.4, -0.2) is 36.4 Å². The Morgan fingerprint density at radius 2 is 2.05 bits per heavy atom. The second-order valence-corrected chi connectivity index (χ2v) is 5.33. The number of methoxy groups -OCH3 is 1. The van der Waals surface area contributed by atoms with E-state index in [9.17, 15) is 9.59 Å². The number of amides is 2. The van der Waals surface area contributed by atoms with Gasteiger partial charge in [0.25, 0.3) is 0 Å². The van der Waals surface area contributed by atoms with Crippen LogP contribution in [0.2, 0.25) is 5.02 Å². The number of halogens is 1. The second-order valence-electron chi connectivity index (χ2n) is 4.89. The Labute approximate surface area is 122 Å². The lowest BCUT2D eigenvalue weighted by Crippen LogP contribution is -2.48. The van der Waals surface area contributed by atoms with Crippen molar-refractivity contribution >= 4 is 29.3 Å². The van der Waals surface area contributed by atoms with Crippen LogP contribution >= 0.6 is 11.6 Å². The van der Waals surface area contributed by atoms with Crippen LogP contribution in [0.5, 0.6) is 0 Å². The number of carbonyl (C=O) groups excluding carboxylic acids is 1. The van der Waals surface area contributed by atoms with Crippen molar-refractivity contribution in [2.75, 3.05) is 19.0 Å². The van der Waals surface area contributed by atoms with E-state index in [1.165, 1.54) is 25.3 Å². The lowest BCUT2D eigenvalue weighted by atomic mass is 10.1. The molecule has 0 bridgehead atoms. The molecule has 0 aliphatic rings. The average Bonchev–Trinajstić information content (AvgIpc) is 2.26. The van der Waals surface area contributed by atoms with Gasteiger partial charge in [0, 0.05) is 12.1 Å². The number of ether oxygens (including phenoxy) is 1. The van der Waals surface area contributed by atoms with Gasteiger partial charge < -0.3 is 20.5 Å². The van der Waals surface area contributed by atoms with Gasteiger partial charge in [-0.05, 0) is 32.0 Å². The molecular formula is C13H17ClN2O4. The van der Waals surface area contributed by atoms with Gasteiger partial charge in [-0.15, -0.1) is 0 Å². The normalized spacial score (nSPS) is 11.0. The fourth-order valence-electron chi connectivity index (χ4n) is 1.66. The summed E-state index contributed by atoms with van der Waals surface area (Å²) in [5, 5.41) is 14.5. The Morgan fingerprint density at radius 3 is 2.60 bits per heavy atom. The third kappa shape index (κ3) is 4.71. The molecule has 0 aromatic heterocycles. The van der Waals surface area contributed by atoms with Crippen molar-refractivity contribution in [2.24, 2.45) is 0 Å². The third-order valence-corrected chi connectivity index (χ3v) is 2.65. The van der Waals surface area contributed by atoms with Gasteiger partial charge in [-0.2, -0.15) is 0 Å². The lowest BCUT2D eigenvalue weighted by molar-refractivity contribution is 0.0698. The van der Waals surface area contributed by atoms with E-state index in [0.29, 0.717) is 11.6 Å². The van der Waals surface area contributed by atoms with E-state index in [0.717, 1.165) is 0 Å². The zero-order valence-electron chi connectivity index (χ0n) is 11.5. The zero-order valence-corrected chi connectivity index (χ0v) is 12.2. The number of urea groups is 1. The van der Waals surface area contributed by atoms with Gasteiger partial charge in [0.05, 0.1) is 23.4 Å². The van der Waals surface area contributed by atoms with Gasteiger partial charge in [0.15, 0.2) is 0 Å². The van der Waals surface area contributed by atoms with E-state index >= 15 is 0 Å². The molecule has 0 unspecified atom stereocenters. The maximum absolute atomic E-state index is 11.9. The number of anilines is 1. The molecule has 1 rings (SSSR count). The van der Waals surface area contributed by atoms with E-state index in [1.807, 2.05) is 0 Å². The van der Waals surface area contributed by atoms with Gasteiger partial charge in [0.1, 0.15) is 0 Å². The van der Waals surface area contributed by atoms with Crippen molar-refractivity contribution in [1.29, 1.82) is 0 Å². The number of rotatable bonds is 5. The molecule has 0 radical (unpaired) electrons. The van der Waals surface area contributed by atoms with E-state index in [-0.39, 0.29) is 11.3 Å². The molecule has 20 heavy (non-hydrogen) atoms. The molecule has 1 aromatic rings. The quantitative estimate of drug-likeness (QED) is 0.780. The van der Waals surface area contributed by atoms with Crippen LogP contribution in [0.1, 0.15) is 24.2 Å². The molecule has 0 saturated heterocycles. The Morgan fingerprint density at radius 1 is 1.40 bits per heavy atom. The molecule has 1 aromatic carbocycles. The van der Waals surface area contributed by atoms with Crippen LogP contribution in [0.25, 0.3) is 0 Å². The average molecular weight is 301 g/mol. The van der Waals surface area contributed by atoms with Crippen molar-refractivity contribution in [1.82, 2.24) is 5.32 Å². The summed E-state index contributed by atoms with van der Waals surface area (Å²) in [6, 6.07) is 3.63. The van der Waals surface area contributed by atoms with Gasteiger partial charge in [0.2, 0.25) is 0 Å². The van der Waals surface area contributed by atoms with Gasteiger partial charge in [-0.25, -0.2) is 9.59 Å². The number of carboxylic acids is 1. The highest BCUT2D eigenvalue weighted by Gasteiger charge is 2.21. The summed E-state index contributed by atoms with van der Waals surface area (Å²) in [7, 11) is 1.53. The largest absolute Gasteiger partial charge is 0.478 e. The number of benzene rings is 1. The minimum atomic E-state index is -1.15. The van der Waals surface area contributed by atoms with Crippen molar-refractivity contribution in [2.45, 2.75) is 19.4 Å². The first-order chi connectivity index (χ1) is 9.25. The van der Waals surface area contributed by atoms with Gasteiger partial charge >= 0.3 is 12.0 Å². The van der Waals surface area contributed by atoms with Gasteiger partial charge in [-0.3, -0.25) is 0 Å². The van der Waals surface area contributed by atoms with Crippen molar-refractivity contribution in [3.63, 3.8) is 0 Å². The van der Waals surface area contributed by atoms with E-state index in [2.05, 4.69) is 10.6 Å². The number of hydrogen-bond acceptors (Lipinski definition) is 3. The number of carbonyl (C=O) groups is 2. The molecule has 0 aliphatic carbocycles. The van der Waals surface area contributed by atoms with Crippen molar-refractivity contribution in [3.05, 3.63) is 28.8 Å². The van der Waals surface area contributed by atoms with Crippen LogP contribution in [-0.2, 0) is 4.74 Å². The van der Waals surface area contributed by atoms with Crippen LogP contribution in [0.4, 0.5) is 10.5 Å². The Kier molecular flexibility index (Phi) is 5.35. The first kappa shape index (κ1) is 16.3. The second kappa shape index (κ2) is 6.58. The van der Waals surface area contributed by atoms with Crippen LogP contribution < -0.4 is 10.6 Å². The standard InChI is InChI=1S/C13H17ClN2O4/c1-13(2,7-20-3)16-12(19)15-10-6-8(14)4-5-9(10)11(17)18/h4-6H,7H2,1-3H3,(H,17,18)(H2,15,16,19). The topological polar surface area (TPSA) is 87.7 Å². The smallest absolute Gasteiger partial charge is 0.337 e.